The lowest BCUT2D eigenvalue weighted by atomic mass is 10.1. The van der Waals surface area contributed by atoms with Crippen molar-refractivity contribution >= 4 is 10.9 Å². The average Bonchev–Trinajstić information content (AvgIpc) is 2.63. The maximum Gasteiger partial charge on any atom is 0.194 e. The van der Waals surface area contributed by atoms with Crippen LogP contribution in [0, 0.1) is 6.92 Å². The number of benzene rings is 2. The molecule has 130 valence electrons. The number of nitrogens with one attached hydrogen (secondary N) is 1. The number of rotatable bonds is 6. The molecule has 0 spiro atoms. The second-order valence-corrected chi connectivity index (χ2v) is 6.14. The Kier molecular flexibility index (Phi) is 5.19. The minimum absolute atomic E-state index is 0.0802. The predicted octanol–water partition coefficient (Wildman–Crippen LogP) is 4.47. The van der Waals surface area contributed by atoms with Crippen molar-refractivity contribution in [3.63, 3.8) is 0 Å². The van der Waals surface area contributed by atoms with Crippen LogP contribution in [-0.4, -0.2) is 23.0 Å². The molecule has 0 radical (unpaired) electrons. The summed E-state index contributed by atoms with van der Waals surface area (Å²) in [7, 11) is 0. The van der Waals surface area contributed by atoms with Crippen LogP contribution in [0.5, 0.6) is 11.5 Å². The minimum atomic E-state index is 0.0802. The number of aryl methyl sites for hydroxylation is 1. The molecule has 0 unspecified atom stereocenters. The zero-order valence-electron chi connectivity index (χ0n) is 15.0. The van der Waals surface area contributed by atoms with Crippen LogP contribution >= 0.6 is 0 Å². The molecule has 2 aromatic carbocycles. The third-order valence-corrected chi connectivity index (χ3v) is 4.54. The van der Waals surface area contributed by atoms with Crippen LogP contribution in [0.4, 0.5) is 0 Å². The molecule has 0 saturated carbocycles. The first-order valence-electron chi connectivity index (χ1n) is 8.73. The molecule has 4 nitrogen and oxygen atoms in total. The zero-order valence-corrected chi connectivity index (χ0v) is 15.0. The second kappa shape index (κ2) is 7.53. The summed E-state index contributed by atoms with van der Waals surface area (Å²) in [6.45, 7) is 8.69. The number of aromatic amines is 1. The lowest BCUT2D eigenvalue weighted by Crippen LogP contribution is -2.27. The fourth-order valence-corrected chi connectivity index (χ4v) is 2.98. The van der Waals surface area contributed by atoms with E-state index in [1.807, 2.05) is 55.5 Å². The molecular formula is C21H24N2O2. The Morgan fingerprint density at radius 1 is 1.00 bits per heavy atom. The maximum atomic E-state index is 13.0. The highest BCUT2D eigenvalue weighted by molar-refractivity contribution is 5.81. The smallest absolute Gasteiger partial charge is 0.194 e. The van der Waals surface area contributed by atoms with Gasteiger partial charge >= 0.3 is 0 Å². The van der Waals surface area contributed by atoms with E-state index in [1.165, 1.54) is 0 Å². The topological polar surface area (TPSA) is 45.3 Å². The van der Waals surface area contributed by atoms with Gasteiger partial charge in [-0.1, -0.05) is 32.0 Å². The van der Waals surface area contributed by atoms with E-state index in [-0.39, 0.29) is 5.43 Å². The number of para-hydroxylation sites is 1. The molecule has 1 aromatic heterocycles. The number of hydrogen-bond acceptors (Lipinski definition) is 3. The van der Waals surface area contributed by atoms with Crippen LogP contribution in [0.15, 0.2) is 53.3 Å². The number of aromatic nitrogens is 1. The first-order chi connectivity index (χ1) is 12.1. The van der Waals surface area contributed by atoms with Gasteiger partial charge in [0, 0.05) is 28.7 Å². The van der Waals surface area contributed by atoms with E-state index < -0.39 is 0 Å². The Labute approximate surface area is 148 Å². The molecule has 0 bridgehead atoms. The van der Waals surface area contributed by atoms with E-state index in [2.05, 4.69) is 23.7 Å². The van der Waals surface area contributed by atoms with Crippen molar-refractivity contribution in [1.29, 1.82) is 0 Å². The van der Waals surface area contributed by atoms with Gasteiger partial charge < -0.3 is 9.72 Å². The van der Waals surface area contributed by atoms with Gasteiger partial charge in [-0.25, -0.2) is 0 Å². The Morgan fingerprint density at radius 3 is 2.40 bits per heavy atom. The van der Waals surface area contributed by atoms with Gasteiger partial charge in [0.25, 0.3) is 0 Å². The summed E-state index contributed by atoms with van der Waals surface area (Å²) in [4.78, 5) is 18.6. The highest BCUT2D eigenvalue weighted by atomic mass is 16.5. The standard InChI is InChI=1S/C21H24N2O2/c1-4-23(5-2)14-19-15(3)22-20-12-11-17(13-18(20)21(19)24)25-16-9-7-6-8-10-16/h6-13H,4-5,14H2,1-3H3,(H,22,24). The van der Waals surface area contributed by atoms with Gasteiger partial charge in [-0.3, -0.25) is 9.69 Å². The predicted molar refractivity (Wildman–Crippen MR) is 102 cm³/mol. The summed E-state index contributed by atoms with van der Waals surface area (Å²) in [6, 6.07) is 15.2. The number of pyridine rings is 1. The van der Waals surface area contributed by atoms with Gasteiger partial charge in [-0.15, -0.1) is 0 Å². The normalized spacial score (nSPS) is 11.2. The maximum absolute atomic E-state index is 13.0. The van der Waals surface area contributed by atoms with Crippen LogP contribution in [0.1, 0.15) is 25.1 Å². The molecule has 0 aliphatic rings. The van der Waals surface area contributed by atoms with Crippen molar-refractivity contribution in [2.75, 3.05) is 13.1 Å². The largest absolute Gasteiger partial charge is 0.457 e. The third-order valence-electron chi connectivity index (χ3n) is 4.54. The monoisotopic (exact) mass is 336 g/mol. The van der Waals surface area contributed by atoms with E-state index in [0.29, 0.717) is 17.7 Å². The van der Waals surface area contributed by atoms with Crippen molar-refractivity contribution in [3.8, 4) is 11.5 Å². The molecule has 0 amide bonds. The Hall–Kier alpha value is -2.59. The summed E-state index contributed by atoms with van der Waals surface area (Å²) >= 11 is 0. The molecule has 4 heteroatoms. The van der Waals surface area contributed by atoms with E-state index in [4.69, 9.17) is 4.74 Å². The van der Waals surface area contributed by atoms with E-state index in [1.54, 1.807) is 0 Å². The Balaban J connectivity index is 2.01. The van der Waals surface area contributed by atoms with Gasteiger partial charge in [0.05, 0.1) is 0 Å². The van der Waals surface area contributed by atoms with Crippen molar-refractivity contribution in [2.45, 2.75) is 27.3 Å². The third kappa shape index (κ3) is 3.74. The van der Waals surface area contributed by atoms with Crippen molar-refractivity contribution in [2.24, 2.45) is 0 Å². The summed E-state index contributed by atoms with van der Waals surface area (Å²) in [5.41, 5.74) is 2.68. The summed E-state index contributed by atoms with van der Waals surface area (Å²) < 4.78 is 5.87. The van der Waals surface area contributed by atoms with Gasteiger partial charge in [0.2, 0.25) is 0 Å². The van der Waals surface area contributed by atoms with E-state index >= 15 is 0 Å². The number of H-pyrrole nitrogens is 1. The van der Waals surface area contributed by atoms with E-state index in [9.17, 15) is 4.79 Å². The summed E-state index contributed by atoms with van der Waals surface area (Å²) in [5.74, 6) is 1.43. The molecule has 0 aliphatic carbocycles. The van der Waals surface area contributed by atoms with Crippen LogP contribution in [0.25, 0.3) is 10.9 Å². The van der Waals surface area contributed by atoms with Gasteiger partial charge in [-0.05, 0) is 50.3 Å². The SMILES string of the molecule is CCN(CC)Cc1c(C)[nH]c2ccc(Oc3ccccc3)cc2c1=O. The Morgan fingerprint density at radius 2 is 1.72 bits per heavy atom. The quantitative estimate of drug-likeness (QED) is 0.722. The van der Waals surface area contributed by atoms with Gasteiger partial charge in [0.15, 0.2) is 5.43 Å². The van der Waals surface area contributed by atoms with Crippen LogP contribution in [-0.2, 0) is 6.54 Å². The highest BCUT2D eigenvalue weighted by Gasteiger charge is 2.13. The van der Waals surface area contributed by atoms with Gasteiger partial charge in [0.1, 0.15) is 11.5 Å². The van der Waals surface area contributed by atoms with Crippen molar-refractivity contribution < 1.29 is 4.74 Å². The fourth-order valence-electron chi connectivity index (χ4n) is 2.98. The highest BCUT2D eigenvalue weighted by Crippen LogP contribution is 2.24. The van der Waals surface area contributed by atoms with Crippen molar-refractivity contribution in [1.82, 2.24) is 9.88 Å². The molecule has 0 fully saturated rings. The number of hydrogen-bond donors (Lipinski definition) is 1. The average molecular weight is 336 g/mol. The molecule has 0 saturated heterocycles. The van der Waals surface area contributed by atoms with Crippen molar-refractivity contribution in [3.05, 3.63) is 70.0 Å². The number of ether oxygens (including phenoxy) is 1. The van der Waals surface area contributed by atoms with Crippen LogP contribution < -0.4 is 10.2 Å². The number of fused-ring (bicyclic) bond motifs is 1. The molecule has 3 aromatic rings. The molecular weight excluding hydrogens is 312 g/mol. The van der Waals surface area contributed by atoms with Gasteiger partial charge in [-0.2, -0.15) is 0 Å². The zero-order chi connectivity index (χ0) is 17.8. The lowest BCUT2D eigenvalue weighted by Gasteiger charge is -2.19. The fraction of sp³-hybridized carbons (Fsp3) is 0.286. The molecule has 0 atom stereocenters. The molecule has 1 N–H and O–H groups in total. The summed E-state index contributed by atoms with van der Waals surface area (Å²) in [6.07, 6.45) is 0. The molecule has 25 heavy (non-hydrogen) atoms. The number of nitrogens with zero attached hydrogens (tertiary/aromatic N) is 1. The molecule has 0 aliphatic heterocycles. The van der Waals surface area contributed by atoms with E-state index in [0.717, 1.165) is 35.6 Å². The Bertz CT molecular complexity index is 912. The van der Waals surface area contributed by atoms with Crippen LogP contribution in [0.2, 0.25) is 0 Å². The van der Waals surface area contributed by atoms with Crippen LogP contribution in [0.3, 0.4) is 0 Å². The summed E-state index contributed by atoms with van der Waals surface area (Å²) in [5, 5.41) is 0.668. The molecule has 3 rings (SSSR count). The first-order valence-corrected chi connectivity index (χ1v) is 8.73. The molecule has 1 heterocycles. The second-order valence-electron chi connectivity index (χ2n) is 6.14. The first kappa shape index (κ1) is 17.2. The minimum Gasteiger partial charge on any atom is -0.457 e. The lowest BCUT2D eigenvalue weighted by molar-refractivity contribution is 0.294.